The molecule has 6 aromatic rings. The van der Waals surface area contributed by atoms with Crippen molar-refractivity contribution in [2.75, 3.05) is 13.2 Å². The smallest absolute Gasteiger partial charge is 0.317 e. The first-order chi connectivity index (χ1) is 28.0. The standard InChI is InChI=1S/C49H39N3O5/c53-46-43-36-31-37(49(56,35-23-11-4-12-24-35)39-26-14-16-28-51-39)44(42(36)41(34-21-9-3-10-22-34)38-25-13-15-27-50-38)45(43)47(54)52(46)29-30-57-48(55)40(32-17-5-1-6-18-32)33-19-7-2-8-20-33/h1-28,31,36,40,43-45,56H,29-30H2/t36-,43-,44+,45-,49?/m0/s1. The number of aliphatic hydroxyl groups is 1. The van der Waals surface area contributed by atoms with E-state index >= 15 is 0 Å². The Bertz CT molecular complexity index is 2360. The molecule has 2 aliphatic carbocycles. The first-order valence-corrected chi connectivity index (χ1v) is 19.2. The van der Waals surface area contributed by atoms with Gasteiger partial charge in [-0.25, -0.2) is 0 Å². The summed E-state index contributed by atoms with van der Waals surface area (Å²) in [6.07, 6.45) is 5.37. The van der Waals surface area contributed by atoms with Crippen molar-refractivity contribution in [3.05, 3.63) is 221 Å². The average molecular weight is 750 g/mol. The number of pyridine rings is 2. The Morgan fingerprint density at radius 3 is 1.84 bits per heavy atom. The summed E-state index contributed by atoms with van der Waals surface area (Å²) < 4.78 is 5.87. The number of likely N-dealkylation sites (tertiary alicyclic amines) is 1. The number of benzene rings is 4. The molecular weight excluding hydrogens is 711 g/mol. The summed E-state index contributed by atoms with van der Waals surface area (Å²) in [6.45, 7) is -0.245. The number of carbonyl (C=O) groups is 3. The minimum Gasteiger partial charge on any atom is -0.463 e. The largest absolute Gasteiger partial charge is 0.463 e. The van der Waals surface area contributed by atoms with Crippen molar-refractivity contribution in [1.29, 1.82) is 0 Å². The summed E-state index contributed by atoms with van der Waals surface area (Å²) in [5, 5.41) is 13.2. The van der Waals surface area contributed by atoms with Crippen LogP contribution in [0.4, 0.5) is 0 Å². The van der Waals surface area contributed by atoms with Gasteiger partial charge in [-0.1, -0.05) is 140 Å². The van der Waals surface area contributed by atoms with Gasteiger partial charge in [0.15, 0.2) is 5.60 Å². The molecule has 0 radical (unpaired) electrons. The molecule has 2 aromatic heterocycles. The molecular formula is C49H39N3O5. The molecule has 0 spiro atoms. The van der Waals surface area contributed by atoms with Crippen LogP contribution in [0.2, 0.25) is 0 Å². The number of aromatic nitrogens is 2. The van der Waals surface area contributed by atoms with E-state index in [0.29, 0.717) is 22.5 Å². The fourth-order valence-corrected chi connectivity index (χ4v) is 9.21. The van der Waals surface area contributed by atoms with Gasteiger partial charge in [0.05, 0.1) is 29.8 Å². The predicted molar refractivity (Wildman–Crippen MR) is 215 cm³/mol. The van der Waals surface area contributed by atoms with E-state index in [-0.39, 0.29) is 25.0 Å². The summed E-state index contributed by atoms with van der Waals surface area (Å²) in [6, 6.07) is 49.2. The zero-order chi connectivity index (χ0) is 38.9. The second-order valence-electron chi connectivity index (χ2n) is 14.6. The van der Waals surface area contributed by atoms with Crippen molar-refractivity contribution in [1.82, 2.24) is 14.9 Å². The third kappa shape index (κ3) is 6.19. The third-order valence-electron chi connectivity index (χ3n) is 11.6. The van der Waals surface area contributed by atoms with Gasteiger partial charge in [0, 0.05) is 29.8 Å². The lowest BCUT2D eigenvalue weighted by atomic mass is 9.71. The van der Waals surface area contributed by atoms with E-state index in [1.54, 1.807) is 24.5 Å². The molecule has 1 saturated carbocycles. The molecule has 1 aliphatic heterocycles. The first-order valence-electron chi connectivity index (χ1n) is 19.2. The van der Waals surface area contributed by atoms with E-state index in [0.717, 1.165) is 27.8 Å². The van der Waals surface area contributed by atoms with Gasteiger partial charge in [-0.3, -0.25) is 29.3 Å². The van der Waals surface area contributed by atoms with Gasteiger partial charge in [-0.05, 0) is 57.7 Å². The highest BCUT2D eigenvalue weighted by Crippen LogP contribution is 2.64. The Morgan fingerprint density at radius 2 is 1.25 bits per heavy atom. The zero-order valence-corrected chi connectivity index (χ0v) is 31.0. The number of carbonyl (C=O) groups excluding carboxylic acids is 3. The van der Waals surface area contributed by atoms with E-state index < -0.39 is 41.2 Å². The van der Waals surface area contributed by atoms with E-state index in [2.05, 4.69) is 4.98 Å². The van der Waals surface area contributed by atoms with Crippen LogP contribution in [0.25, 0.3) is 5.57 Å². The molecule has 8 nitrogen and oxygen atoms in total. The van der Waals surface area contributed by atoms with Gasteiger partial charge in [0.2, 0.25) is 11.8 Å². The van der Waals surface area contributed by atoms with Crippen LogP contribution in [0.15, 0.2) is 187 Å². The second-order valence-corrected chi connectivity index (χ2v) is 14.6. The third-order valence-corrected chi connectivity index (χ3v) is 11.6. The van der Waals surface area contributed by atoms with E-state index in [1.165, 1.54) is 4.90 Å². The predicted octanol–water partition coefficient (Wildman–Crippen LogP) is 7.38. The number of amides is 2. The SMILES string of the molecule is O=C(OCCN1C(=O)[C@@H]2[C@@H]3C(C(O)(c4ccccc4)c4ccccn4)=C[C@@H](C3=C(c3ccccc3)c3ccccn3)[C@@H]2C1=O)C(c1ccccc1)c1ccccc1. The molecule has 1 N–H and O–H groups in total. The fraction of sp³-hybridized carbons (Fsp3) is 0.163. The van der Waals surface area contributed by atoms with Gasteiger partial charge in [-0.15, -0.1) is 0 Å². The number of allylic oxidation sites excluding steroid dienone is 2. The molecule has 1 saturated heterocycles. The molecule has 57 heavy (non-hydrogen) atoms. The summed E-state index contributed by atoms with van der Waals surface area (Å²) in [7, 11) is 0. The molecule has 3 aliphatic rings. The highest BCUT2D eigenvalue weighted by Gasteiger charge is 2.66. The first kappa shape index (κ1) is 35.9. The van der Waals surface area contributed by atoms with Crippen molar-refractivity contribution in [3.8, 4) is 0 Å². The molecule has 280 valence electrons. The van der Waals surface area contributed by atoms with E-state index in [1.807, 2.05) is 152 Å². The number of ether oxygens (including phenoxy) is 1. The number of fused-ring (bicyclic) bond motifs is 5. The minimum atomic E-state index is -1.72. The monoisotopic (exact) mass is 749 g/mol. The lowest BCUT2D eigenvalue weighted by Crippen LogP contribution is -2.39. The quantitative estimate of drug-likeness (QED) is 0.0837. The van der Waals surface area contributed by atoms with Crippen molar-refractivity contribution in [2.24, 2.45) is 23.7 Å². The summed E-state index contributed by atoms with van der Waals surface area (Å²) >= 11 is 0. The molecule has 2 bridgehead atoms. The number of imide groups is 1. The lowest BCUT2D eigenvalue weighted by Gasteiger charge is -2.36. The van der Waals surface area contributed by atoms with Gasteiger partial charge in [0.1, 0.15) is 12.5 Å². The zero-order valence-electron chi connectivity index (χ0n) is 31.0. The minimum absolute atomic E-state index is 0.0878. The molecule has 9 rings (SSSR count). The Hall–Kier alpha value is -6.77. The maximum absolute atomic E-state index is 14.8. The summed E-state index contributed by atoms with van der Waals surface area (Å²) in [4.78, 5) is 53.9. The van der Waals surface area contributed by atoms with Gasteiger partial charge in [0.25, 0.3) is 0 Å². The van der Waals surface area contributed by atoms with Gasteiger partial charge < -0.3 is 9.84 Å². The Kier molecular flexibility index (Phi) is 9.48. The van der Waals surface area contributed by atoms with Crippen LogP contribution in [-0.4, -0.2) is 50.9 Å². The Morgan fingerprint density at radius 1 is 0.684 bits per heavy atom. The van der Waals surface area contributed by atoms with Crippen LogP contribution < -0.4 is 0 Å². The average Bonchev–Trinajstić information content (AvgIpc) is 3.88. The number of esters is 1. The molecule has 8 heteroatoms. The molecule has 1 unspecified atom stereocenters. The second kappa shape index (κ2) is 15.0. The molecule has 3 heterocycles. The van der Waals surface area contributed by atoms with Crippen molar-refractivity contribution in [2.45, 2.75) is 11.5 Å². The van der Waals surface area contributed by atoms with Crippen LogP contribution in [0, 0.1) is 23.7 Å². The molecule has 2 fully saturated rings. The maximum Gasteiger partial charge on any atom is 0.317 e. The van der Waals surface area contributed by atoms with Crippen molar-refractivity contribution < 1.29 is 24.2 Å². The maximum atomic E-state index is 14.8. The summed E-state index contributed by atoms with van der Waals surface area (Å²) in [5.41, 5.74) is 4.77. The molecule has 4 aromatic carbocycles. The van der Waals surface area contributed by atoms with Crippen LogP contribution in [0.1, 0.15) is 39.6 Å². The highest BCUT2D eigenvalue weighted by atomic mass is 16.5. The Labute approximate surface area is 330 Å². The number of rotatable bonds is 11. The van der Waals surface area contributed by atoms with Crippen LogP contribution in [-0.2, 0) is 24.7 Å². The van der Waals surface area contributed by atoms with Crippen LogP contribution in [0.5, 0.6) is 0 Å². The number of nitrogens with zero attached hydrogens (tertiary/aromatic N) is 3. The van der Waals surface area contributed by atoms with E-state index in [9.17, 15) is 19.5 Å². The number of hydrogen-bond donors (Lipinski definition) is 1. The van der Waals surface area contributed by atoms with Gasteiger partial charge >= 0.3 is 5.97 Å². The fourth-order valence-electron chi connectivity index (χ4n) is 9.21. The van der Waals surface area contributed by atoms with E-state index in [4.69, 9.17) is 9.72 Å². The van der Waals surface area contributed by atoms with Gasteiger partial charge in [-0.2, -0.15) is 0 Å². The normalized spacial score (nSPS) is 21.6. The topological polar surface area (TPSA) is 110 Å². The highest BCUT2D eigenvalue weighted by molar-refractivity contribution is 6.08. The van der Waals surface area contributed by atoms with Crippen LogP contribution in [0.3, 0.4) is 0 Å². The Balaban J connectivity index is 1.10. The van der Waals surface area contributed by atoms with Crippen molar-refractivity contribution >= 4 is 23.4 Å². The van der Waals surface area contributed by atoms with Crippen LogP contribution >= 0.6 is 0 Å². The molecule has 5 atom stereocenters. The molecule has 2 amide bonds. The summed E-state index contributed by atoms with van der Waals surface area (Å²) in [5.74, 6) is -4.54. The lowest BCUT2D eigenvalue weighted by molar-refractivity contribution is -0.149. The van der Waals surface area contributed by atoms with Crippen molar-refractivity contribution in [3.63, 3.8) is 0 Å². The number of hydrogen-bond acceptors (Lipinski definition) is 7.